The Morgan fingerprint density at radius 2 is 2.07 bits per heavy atom. The fourth-order valence-corrected chi connectivity index (χ4v) is 1.21. The van der Waals surface area contributed by atoms with Gasteiger partial charge in [0.1, 0.15) is 0 Å². The van der Waals surface area contributed by atoms with Gasteiger partial charge in [-0.25, -0.2) is 4.39 Å². The van der Waals surface area contributed by atoms with E-state index in [0.717, 1.165) is 12.3 Å². The molecule has 0 fully saturated rings. The lowest BCUT2D eigenvalue weighted by atomic mass is 10.1. The number of nitrogens with zero attached hydrogens (tertiary/aromatic N) is 1. The number of hydrogen-bond donors (Lipinski definition) is 0. The molecular weight excluding hydrogens is 193 g/mol. The van der Waals surface area contributed by atoms with Crippen molar-refractivity contribution >= 4 is 0 Å². The highest BCUT2D eigenvalue weighted by molar-refractivity contribution is 5.09. The Morgan fingerprint density at radius 1 is 1.40 bits per heavy atom. The largest absolute Gasteiger partial charge is 0.502 e. The van der Waals surface area contributed by atoms with Crippen LogP contribution in [-0.2, 0) is 4.74 Å². The summed E-state index contributed by atoms with van der Waals surface area (Å²) < 4.78 is 16.8. The minimum atomic E-state index is 0.233. The SMILES string of the molecule is CO/C(C)=C/C(C=C/C=C/F)CN(C)C. The molecule has 0 heterocycles. The molecule has 0 saturated carbocycles. The maximum absolute atomic E-state index is 11.8. The predicted octanol–water partition coefficient (Wildman–Crippen LogP) is 2.75. The van der Waals surface area contributed by atoms with Crippen LogP contribution in [0.2, 0.25) is 0 Å². The van der Waals surface area contributed by atoms with Gasteiger partial charge in [0.2, 0.25) is 0 Å². The van der Waals surface area contributed by atoms with E-state index in [0.29, 0.717) is 6.33 Å². The van der Waals surface area contributed by atoms with Crippen LogP contribution in [-0.4, -0.2) is 32.6 Å². The van der Waals surface area contributed by atoms with Crippen LogP contribution in [0.3, 0.4) is 0 Å². The second kappa shape index (κ2) is 8.24. The minimum absolute atomic E-state index is 0.233. The average molecular weight is 213 g/mol. The molecule has 0 bridgehead atoms. The van der Waals surface area contributed by atoms with Gasteiger partial charge in [-0.3, -0.25) is 0 Å². The molecule has 0 aromatic rings. The summed E-state index contributed by atoms with van der Waals surface area (Å²) in [5, 5.41) is 0. The number of halogens is 1. The van der Waals surface area contributed by atoms with E-state index < -0.39 is 0 Å². The monoisotopic (exact) mass is 213 g/mol. The van der Waals surface area contributed by atoms with Crippen molar-refractivity contribution in [1.29, 1.82) is 0 Å². The van der Waals surface area contributed by atoms with Gasteiger partial charge in [-0.2, -0.15) is 0 Å². The van der Waals surface area contributed by atoms with Gasteiger partial charge in [0, 0.05) is 12.5 Å². The van der Waals surface area contributed by atoms with E-state index in [1.54, 1.807) is 13.2 Å². The zero-order chi connectivity index (χ0) is 11.7. The van der Waals surface area contributed by atoms with E-state index >= 15 is 0 Å². The zero-order valence-electron chi connectivity index (χ0n) is 9.90. The standard InChI is InChI=1S/C12H20FNO/c1-11(15-4)9-12(10-14(2)3)7-5-6-8-13/h5-9,12H,10H2,1-4H3/b7-5?,8-6+,11-9+. The van der Waals surface area contributed by atoms with Crippen molar-refractivity contribution in [2.45, 2.75) is 6.92 Å². The number of allylic oxidation sites excluding steroid dienone is 3. The van der Waals surface area contributed by atoms with Gasteiger partial charge < -0.3 is 9.64 Å². The first-order valence-corrected chi connectivity index (χ1v) is 4.90. The maximum atomic E-state index is 11.8. The summed E-state index contributed by atoms with van der Waals surface area (Å²) in [5.41, 5.74) is 0. The fourth-order valence-electron chi connectivity index (χ4n) is 1.21. The van der Waals surface area contributed by atoms with Crippen molar-refractivity contribution in [3.8, 4) is 0 Å². The fraction of sp³-hybridized carbons (Fsp3) is 0.500. The van der Waals surface area contributed by atoms with Crippen LogP contribution in [0.15, 0.2) is 36.4 Å². The van der Waals surface area contributed by atoms with Crippen LogP contribution in [0.25, 0.3) is 0 Å². The highest BCUT2D eigenvalue weighted by Gasteiger charge is 2.03. The van der Waals surface area contributed by atoms with Crippen molar-refractivity contribution in [1.82, 2.24) is 4.90 Å². The lowest BCUT2D eigenvalue weighted by Crippen LogP contribution is -2.19. The molecule has 3 heteroatoms. The van der Waals surface area contributed by atoms with E-state index in [1.165, 1.54) is 6.08 Å². The molecule has 0 radical (unpaired) electrons. The van der Waals surface area contributed by atoms with Crippen LogP contribution in [0, 0.1) is 5.92 Å². The third-order valence-electron chi connectivity index (χ3n) is 1.89. The molecule has 86 valence electrons. The lowest BCUT2D eigenvalue weighted by molar-refractivity contribution is 0.287. The quantitative estimate of drug-likeness (QED) is 0.497. The Morgan fingerprint density at radius 3 is 2.53 bits per heavy atom. The van der Waals surface area contributed by atoms with Crippen LogP contribution >= 0.6 is 0 Å². The van der Waals surface area contributed by atoms with Gasteiger partial charge in [0.25, 0.3) is 0 Å². The van der Waals surface area contributed by atoms with Crippen LogP contribution in [0.4, 0.5) is 4.39 Å². The first-order chi connectivity index (χ1) is 7.10. The summed E-state index contributed by atoms with van der Waals surface area (Å²) >= 11 is 0. The molecule has 0 aliphatic heterocycles. The molecule has 0 aliphatic rings. The number of rotatable bonds is 6. The highest BCUT2D eigenvalue weighted by Crippen LogP contribution is 2.07. The van der Waals surface area contributed by atoms with E-state index in [1.807, 2.05) is 33.2 Å². The summed E-state index contributed by atoms with van der Waals surface area (Å²) in [7, 11) is 5.65. The number of hydrogen-bond acceptors (Lipinski definition) is 2. The molecule has 0 aromatic heterocycles. The van der Waals surface area contributed by atoms with Gasteiger partial charge in [-0.05, 0) is 33.2 Å². The molecule has 2 nitrogen and oxygen atoms in total. The maximum Gasteiger partial charge on any atom is 0.0891 e. The Bertz CT molecular complexity index is 244. The summed E-state index contributed by atoms with van der Waals surface area (Å²) in [6.45, 7) is 2.78. The number of methoxy groups -OCH3 is 1. The predicted molar refractivity (Wildman–Crippen MR) is 62.2 cm³/mol. The van der Waals surface area contributed by atoms with E-state index in [-0.39, 0.29) is 5.92 Å². The molecule has 0 N–H and O–H groups in total. The third kappa shape index (κ3) is 7.94. The van der Waals surface area contributed by atoms with Crippen molar-refractivity contribution < 1.29 is 9.13 Å². The zero-order valence-corrected chi connectivity index (χ0v) is 9.90. The second-order valence-corrected chi connectivity index (χ2v) is 3.61. The van der Waals surface area contributed by atoms with Gasteiger partial charge >= 0.3 is 0 Å². The smallest absolute Gasteiger partial charge is 0.0891 e. The molecule has 0 amide bonds. The van der Waals surface area contributed by atoms with Gasteiger partial charge in [0.05, 0.1) is 19.2 Å². The van der Waals surface area contributed by atoms with Crippen molar-refractivity contribution in [3.63, 3.8) is 0 Å². The molecular formula is C12H20FNO. The number of ether oxygens (including phenoxy) is 1. The Balaban J connectivity index is 4.43. The van der Waals surface area contributed by atoms with E-state index in [2.05, 4.69) is 4.90 Å². The Hall–Kier alpha value is -1.09. The molecule has 1 atom stereocenters. The van der Waals surface area contributed by atoms with Gasteiger partial charge in [-0.1, -0.05) is 12.2 Å². The van der Waals surface area contributed by atoms with E-state index in [4.69, 9.17) is 4.74 Å². The van der Waals surface area contributed by atoms with Crippen LogP contribution in [0.5, 0.6) is 0 Å². The van der Waals surface area contributed by atoms with Crippen molar-refractivity contribution in [3.05, 3.63) is 36.4 Å². The molecule has 1 unspecified atom stereocenters. The lowest BCUT2D eigenvalue weighted by Gasteiger charge is -2.15. The molecule has 0 spiro atoms. The normalized spacial score (nSPS) is 15.5. The van der Waals surface area contributed by atoms with Crippen molar-refractivity contribution in [2.24, 2.45) is 5.92 Å². The molecule has 0 aliphatic carbocycles. The highest BCUT2D eigenvalue weighted by atomic mass is 19.1. The topological polar surface area (TPSA) is 12.5 Å². The second-order valence-electron chi connectivity index (χ2n) is 3.61. The summed E-state index contributed by atoms with van der Waals surface area (Å²) in [6, 6.07) is 0. The Labute approximate surface area is 91.7 Å². The minimum Gasteiger partial charge on any atom is -0.502 e. The average Bonchev–Trinajstić information content (AvgIpc) is 2.17. The first kappa shape index (κ1) is 13.9. The Kier molecular flexibility index (Phi) is 7.64. The first-order valence-electron chi connectivity index (χ1n) is 4.90. The van der Waals surface area contributed by atoms with Gasteiger partial charge in [0.15, 0.2) is 0 Å². The molecule has 0 saturated heterocycles. The molecule has 15 heavy (non-hydrogen) atoms. The van der Waals surface area contributed by atoms with E-state index in [9.17, 15) is 4.39 Å². The van der Waals surface area contributed by atoms with Crippen LogP contribution < -0.4 is 0 Å². The summed E-state index contributed by atoms with van der Waals surface area (Å²) in [6.07, 6.45) is 7.56. The van der Waals surface area contributed by atoms with Gasteiger partial charge in [-0.15, -0.1) is 0 Å². The summed E-state index contributed by atoms with van der Waals surface area (Å²) in [5.74, 6) is 1.10. The molecule has 0 aromatic carbocycles. The molecule has 0 rings (SSSR count). The van der Waals surface area contributed by atoms with Crippen molar-refractivity contribution in [2.75, 3.05) is 27.7 Å². The summed E-state index contributed by atoms with van der Waals surface area (Å²) in [4.78, 5) is 2.08. The van der Waals surface area contributed by atoms with Crippen LogP contribution in [0.1, 0.15) is 6.92 Å². The third-order valence-corrected chi connectivity index (χ3v) is 1.89.